The Hall–Kier alpha value is -1.78. The zero-order chi connectivity index (χ0) is 10.6. The van der Waals surface area contributed by atoms with Crippen LogP contribution in [0.15, 0.2) is 24.4 Å². The van der Waals surface area contributed by atoms with E-state index in [4.69, 9.17) is 5.11 Å². The number of nitrogens with zero attached hydrogens (tertiary/aromatic N) is 1. The minimum atomic E-state index is -0.955. The highest BCUT2D eigenvalue weighted by Crippen LogP contribution is 2.13. The van der Waals surface area contributed by atoms with Gasteiger partial charge >= 0.3 is 12.1 Å². The van der Waals surface area contributed by atoms with Gasteiger partial charge in [0.1, 0.15) is 0 Å². The molecule has 0 saturated carbocycles. The topological polar surface area (TPSA) is 66.8 Å². The second-order valence-corrected chi connectivity index (χ2v) is 2.77. The van der Waals surface area contributed by atoms with Crippen LogP contribution in [-0.4, -0.2) is 35.2 Å². The van der Waals surface area contributed by atoms with Crippen molar-refractivity contribution in [1.29, 1.82) is 0 Å². The number of carboxylic acids is 1. The minimum Gasteiger partial charge on any atom is -0.481 e. The number of hydrogen-bond donors (Lipinski definition) is 1. The maximum Gasteiger partial charge on any atom is 0.414 e. The van der Waals surface area contributed by atoms with Crippen molar-refractivity contribution in [3.05, 3.63) is 24.4 Å². The summed E-state index contributed by atoms with van der Waals surface area (Å²) in [6, 6.07) is -0.468. The number of aliphatic carboxylic acids is 1. The first-order chi connectivity index (χ1) is 6.65. The number of ether oxygens (including phenoxy) is 1. The van der Waals surface area contributed by atoms with Crippen molar-refractivity contribution >= 4 is 12.1 Å². The van der Waals surface area contributed by atoms with Gasteiger partial charge in [-0.15, -0.1) is 0 Å². The predicted octanol–water partition coefficient (Wildman–Crippen LogP) is 0.982. The molecule has 1 amide bonds. The van der Waals surface area contributed by atoms with Crippen LogP contribution in [0.4, 0.5) is 4.79 Å². The Morgan fingerprint density at radius 2 is 2.21 bits per heavy atom. The van der Waals surface area contributed by atoms with Gasteiger partial charge in [0.2, 0.25) is 0 Å². The van der Waals surface area contributed by atoms with E-state index in [9.17, 15) is 9.59 Å². The van der Waals surface area contributed by atoms with E-state index in [1.807, 2.05) is 0 Å². The quantitative estimate of drug-likeness (QED) is 0.716. The Morgan fingerprint density at radius 1 is 1.50 bits per heavy atom. The molecule has 0 aliphatic carbocycles. The number of carbonyl (C=O) groups is 2. The van der Waals surface area contributed by atoms with Crippen molar-refractivity contribution in [1.82, 2.24) is 4.90 Å². The van der Waals surface area contributed by atoms with Crippen LogP contribution in [0.1, 0.15) is 6.42 Å². The standard InChI is InChI=1S/C9H11NO4/c1-14-9(13)10-5-3-2-4-7(10)6-8(11)12/h2-5,7H,6H2,1H3,(H,11,12). The molecule has 1 aliphatic heterocycles. The Kier molecular flexibility index (Phi) is 3.28. The first-order valence-corrected chi connectivity index (χ1v) is 4.08. The van der Waals surface area contributed by atoms with Gasteiger partial charge < -0.3 is 9.84 Å². The normalized spacial score (nSPS) is 19.5. The van der Waals surface area contributed by atoms with Gasteiger partial charge in [-0.05, 0) is 6.08 Å². The number of hydrogen-bond acceptors (Lipinski definition) is 3. The minimum absolute atomic E-state index is 0.129. The van der Waals surface area contributed by atoms with Crippen LogP contribution < -0.4 is 0 Å². The molecule has 1 heterocycles. The fourth-order valence-corrected chi connectivity index (χ4v) is 1.19. The number of amides is 1. The summed E-state index contributed by atoms with van der Waals surface area (Å²) in [7, 11) is 1.26. The van der Waals surface area contributed by atoms with E-state index in [1.165, 1.54) is 18.2 Å². The molecule has 1 rings (SSSR count). The predicted molar refractivity (Wildman–Crippen MR) is 48.6 cm³/mol. The molecule has 1 atom stereocenters. The molecule has 0 spiro atoms. The smallest absolute Gasteiger partial charge is 0.414 e. The largest absolute Gasteiger partial charge is 0.481 e. The summed E-state index contributed by atoms with van der Waals surface area (Å²) in [5.41, 5.74) is 0. The number of methoxy groups -OCH3 is 1. The van der Waals surface area contributed by atoms with E-state index in [0.29, 0.717) is 0 Å². The first kappa shape index (κ1) is 10.3. The lowest BCUT2D eigenvalue weighted by Gasteiger charge is -2.25. The van der Waals surface area contributed by atoms with Crippen LogP contribution in [0.2, 0.25) is 0 Å². The molecule has 14 heavy (non-hydrogen) atoms. The van der Waals surface area contributed by atoms with Gasteiger partial charge in [0.05, 0.1) is 19.6 Å². The lowest BCUT2D eigenvalue weighted by molar-refractivity contribution is -0.137. The summed E-state index contributed by atoms with van der Waals surface area (Å²) in [6.07, 6.45) is 5.81. The van der Waals surface area contributed by atoms with Gasteiger partial charge in [-0.2, -0.15) is 0 Å². The summed E-state index contributed by atoms with van der Waals surface area (Å²) in [4.78, 5) is 22.9. The summed E-state index contributed by atoms with van der Waals surface area (Å²) < 4.78 is 4.51. The average molecular weight is 197 g/mol. The highest BCUT2D eigenvalue weighted by Gasteiger charge is 2.23. The zero-order valence-electron chi connectivity index (χ0n) is 7.71. The van der Waals surface area contributed by atoms with E-state index >= 15 is 0 Å². The molecule has 0 aromatic heterocycles. The number of carboxylic acid groups (broad SMARTS) is 1. The third kappa shape index (κ3) is 2.35. The lowest BCUT2D eigenvalue weighted by atomic mass is 10.1. The van der Waals surface area contributed by atoms with E-state index in [2.05, 4.69) is 4.74 Å². The van der Waals surface area contributed by atoms with Gasteiger partial charge in [0.15, 0.2) is 0 Å². The Bertz CT molecular complexity index is 295. The van der Waals surface area contributed by atoms with Gasteiger partial charge in [0, 0.05) is 6.20 Å². The Morgan fingerprint density at radius 3 is 2.79 bits per heavy atom. The first-order valence-electron chi connectivity index (χ1n) is 4.08. The van der Waals surface area contributed by atoms with Crippen molar-refractivity contribution in [2.45, 2.75) is 12.5 Å². The number of rotatable bonds is 2. The highest BCUT2D eigenvalue weighted by atomic mass is 16.5. The molecule has 0 saturated heterocycles. The molecule has 1 aliphatic rings. The van der Waals surface area contributed by atoms with Crippen molar-refractivity contribution < 1.29 is 19.4 Å². The summed E-state index contributed by atoms with van der Waals surface area (Å²) in [5.74, 6) is -0.955. The molecule has 5 heteroatoms. The lowest BCUT2D eigenvalue weighted by Crippen LogP contribution is -2.37. The van der Waals surface area contributed by atoms with E-state index in [-0.39, 0.29) is 6.42 Å². The molecule has 0 bridgehead atoms. The van der Waals surface area contributed by atoms with Crippen molar-refractivity contribution in [2.75, 3.05) is 7.11 Å². The van der Waals surface area contributed by atoms with E-state index in [0.717, 1.165) is 0 Å². The molecule has 1 N–H and O–H groups in total. The van der Waals surface area contributed by atoms with E-state index in [1.54, 1.807) is 18.2 Å². The van der Waals surface area contributed by atoms with E-state index < -0.39 is 18.1 Å². The monoisotopic (exact) mass is 197 g/mol. The molecular weight excluding hydrogens is 186 g/mol. The fraction of sp³-hybridized carbons (Fsp3) is 0.333. The molecular formula is C9H11NO4. The van der Waals surface area contributed by atoms with Gasteiger partial charge in [-0.25, -0.2) is 4.79 Å². The second-order valence-electron chi connectivity index (χ2n) is 2.77. The average Bonchev–Trinajstić information content (AvgIpc) is 2.16. The Balaban J connectivity index is 2.71. The molecule has 0 aromatic carbocycles. The number of allylic oxidation sites excluding steroid dienone is 2. The van der Waals surface area contributed by atoms with Crippen LogP contribution in [-0.2, 0) is 9.53 Å². The fourth-order valence-electron chi connectivity index (χ4n) is 1.19. The van der Waals surface area contributed by atoms with Crippen LogP contribution in [0.5, 0.6) is 0 Å². The van der Waals surface area contributed by atoms with Crippen LogP contribution in [0, 0.1) is 0 Å². The maximum absolute atomic E-state index is 11.2. The van der Waals surface area contributed by atoms with Crippen molar-refractivity contribution in [2.24, 2.45) is 0 Å². The maximum atomic E-state index is 11.2. The SMILES string of the molecule is COC(=O)N1C=CC=CC1CC(=O)O. The summed E-state index contributed by atoms with van der Waals surface area (Å²) in [5, 5.41) is 8.60. The zero-order valence-corrected chi connectivity index (χ0v) is 7.71. The third-order valence-electron chi connectivity index (χ3n) is 1.82. The van der Waals surface area contributed by atoms with Crippen LogP contribution in [0.25, 0.3) is 0 Å². The van der Waals surface area contributed by atoms with Crippen LogP contribution >= 0.6 is 0 Å². The number of carbonyl (C=O) groups excluding carboxylic acids is 1. The molecule has 76 valence electrons. The van der Waals surface area contributed by atoms with Gasteiger partial charge in [0.25, 0.3) is 0 Å². The van der Waals surface area contributed by atoms with Crippen LogP contribution in [0.3, 0.4) is 0 Å². The van der Waals surface area contributed by atoms with Gasteiger partial charge in [-0.3, -0.25) is 9.69 Å². The molecule has 0 fully saturated rings. The molecule has 0 radical (unpaired) electrons. The Labute approximate surface area is 81.3 Å². The summed E-state index contributed by atoms with van der Waals surface area (Å²) in [6.45, 7) is 0. The van der Waals surface area contributed by atoms with Gasteiger partial charge in [-0.1, -0.05) is 12.2 Å². The van der Waals surface area contributed by atoms with Crippen molar-refractivity contribution in [3.63, 3.8) is 0 Å². The second kappa shape index (κ2) is 4.45. The highest BCUT2D eigenvalue weighted by molar-refractivity contribution is 5.73. The molecule has 0 aromatic rings. The van der Waals surface area contributed by atoms with Crippen molar-refractivity contribution in [3.8, 4) is 0 Å². The molecule has 1 unspecified atom stereocenters. The molecule has 5 nitrogen and oxygen atoms in total. The summed E-state index contributed by atoms with van der Waals surface area (Å²) >= 11 is 0. The third-order valence-corrected chi connectivity index (χ3v) is 1.82.